The number of amides is 4. The van der Waals surface area contributed by atoms with Crippen molar-refractivity contribution in [3.05, 3.63) is 114 Å². The molecule has 8 atom stereocenters. The molecule has 2 aromatic heterocycles. The quantitative estimate of drug-likeness (QED) is 0.0784. The average Bonchev–Trinajstić information content (AvgIpc) is 4.26. The number of H-pyrrole nitrogens is 2. The number of aromatic nitrogens is 4. The Labute approximate surface area is 417 Å². The van der Waals surface area contributed by atoms with Gasteiger partial charge in [-0.2, -0.15) is 0 Å². The molecular weight excluding hydrogens is 903 g/mol. The smallest absolute Gasteiger partial charge is 0.407 e. The minimum Gasteiger partial charge on any atom is -0.453 e. The van der Waals surface area contributed by atoms with Crippen LogP contribution in [0.5, 0.6) is 0 Å². The molecule has 3 aliphatic heterocycles. The number of benzene rings is 3. The van der Waals surface area contributed by atoms with Crippen molar-refractivity contribution >= 4 is 29.7 Å². The van der Waals surface area contributed by atoms with Crippen LogP contribution in [0.1, 0.15) is 127 Å². The van der Waals surface area contributed by atoms with E-state index >= 15 is 0 Å². The van der Waals surface area contributed by atoms with Crippen molar-refractivity contribution in [2.75, 3.05) is 46.4 Å². The second-order valence-electron chi connectivity index (χ2n) is 19.8. The van der Waals surface area contributed by atoms with Crippen LogP contribution < -0.4 is 15.5 Å². The van der Waals surface area contributed by atoms with Crippen molar-refractivity contribution in [2.24, 2.45) is 0 Å². The Morgan fingerprint density at radius 2 is 1.07 bits per heavy atom. The first-order valence-corrected chi connectivity index (χ1v) is 24.6. The number of methoxy groups -OCH3 is 4. The van der Waals surface area contributed by atoms with E-state index in [1.54, 1.807) is 29.8 Å². The zero-order valence-corrected chi connectivity index (χ0v) is 42.1. The van der Waals surface area contributed by atoms with Gasteiger partial charge in [0.25, 0.3) is 0 Å². The van der Waals surface area contributed by atoms with Crippen LogP contribution in [0.2, 0.25) is 0 Å². The van der Waals surface area contributed by atoms with Crippen LogP contribution in [-0.2, 0) is 34.0 Å². The van der Waals surface area contributed by atoms with Crippen LogP contribution in [0.3, 0.4) is 0 Å². The predicted molar refractivity (Wildman–Crippen MR) is 269 cm³/mol. The Kier molecular flexibility index (Phi) is 15.1. The number of carbonyl (C=O) groups is 4. The lowest BCUT2D eigenvalue weighted by atomic mass is 9.87. The molecule has 0 bridgehead atoms. The molecule has 0 unspecified atom stereocenters. The first-order chi connectivity index (χ1) is 34.6. The SMILES string of the molecule is [2H]CO[C@H](C)[C@H](NC(=O)OC)C(=O)N1CCC[C@H]1c1ncc(-c2ccc([C@H]3CC[C@H](c4ccc(-c5cnc([C@@H]6CCCN6C(=O)[C@@H](NC(=O)OC)[C@H](C)OC)[nH]5)cc4)N3c3ccc(C(C)(C)C)cc3)cc2)[nH]1. The van der Waals surface area contributed by atoms with Gasteiger partial charge >= 0.3 is 12.2 Å². The van der Waals surface area contributed by atoms with Crippen molar-refractivity contribution < 1.29 is 39.5 Å². The van der Waals surface area contributed by atoms with E-state index in [9.17, 15) is 19.2 Å². The molecule has 0 saturated carbocycles. The van der Waals surface area contributed by atoms with E-state index in [0.717, 1.165) is 60.3 Å². The van der Waals surface area contributed by atoms with E-state index in [2.05, 4.69) is 119 Å². The Morgan fingerprint density at radius 3 is 1.46 bits per heavy atom. The summed E-state index contributed by atoms with van der Waals surface area (Å²) in [5, 5.41) is 5.26. The summed E-state index contributed by atoms with van der Waals surface area (Å²) in [6, 6.07) is 24.0. The fourth-order valence-corrected chi connectivity index (χ4v) is 10.4. The van der Waals surface area contributed by atoms with E-state index < -0.39 is 36.5 Å². The molecule has 3 aromatic carbocycles. The fraction of sp³-hybridized carbons (Fsp3) is 0.481. The lowest BCUT2D eigenvalue weighted by molar-refractivity contribution is -0.138. The van der Waals surface area contributed by atoms with Crippen molar-refractivity contribution in [2.45, 2.75) is 127 Å². The molecule has 378 valence electrons. The van der Waals surface area contributed by atoms with Crippen LogP contribution >= 0.6 is 0 Å². The van der Waals surface area contributed by atoms with Gasteiger partial charge in [-0.05, 0) is 97.7 Å². The zero-order valence-electron chi connectivity index (χ0n) is 43.1. The molecule has 71 heavy (non-hydrogen) atoms. The Hall–Kier alpha value is -6.72. The number of imidazole rings is 2. The van der Waals surface area contributed by atoms with Gasteiger partial charge in [0, 0.05) is 33.0 Å². The Balaban J connectivity index is 1.000. The molecule has 0 aliphatic carbocycles. The maximum absolute atomic E-state index is 13.9. The third kappa shape index (κ3) is 10.8. The van der Waals surface area contributed by atoms with Gasteiger partial charge in [-0.15, -0.1) is 0 Å². The van der Waals surface area contributed by atoms with E-state index in [-0.39, 0.29) is 48.5 Å². The summed E-state index contributed by atoms with van der Waals surface area (Å²) in [5.74, 6) is 0.797. The van der Waals surface area contributed by atoms with E-state index in [1.807, 2.05) is 6.20 Å². The lowest BCUT2D eigenvalue weighted by Gasteiger charge is -2.34. The number of hydrogen-bond acceptors (Lipinski definition) is 11. The number of nitrogens with one attached hydrogen (secondary N) is 4. The Bertz CT molecular complexity index is 2650. The normalized spacial score (nSPS) is 21.1. The molecule has 3 fully saturated rings. The first kappa shape index (κ1) is 49.3. The molecule has 8 rings (SSSR count). The molecule has 3 saturated heterocycles. The summed E-state index contributed by atoms with van der Waals surface area (Å²) < 4.78 is 28.0. The summed E-state index contributed by atoms with van der Waals surface area (Å²) in [5.41, 5.74) is 8.48. The number of carbonyl (C=O) groups excluding carboxylic acids is 4. The van der Waals surface area contributed by atoms with Crippen molar-refractivity contribution in [1.82, 2.24) is 40.4 Å². The molecular formula is C54H69N9O8. The summed E-state index contributed by atoms with van der Waals surface area (Å²) in [6.45, 7) is 11.1. The molecule has 17 nitrogen and oxygen atoms in total. The van der Waals surface area contributed by atoms with Crippen LogP contribution in [0, 0.1) is 0 Å². The number of ether oxygens (including phenoxy) is 4. The molecule has 17 heteroatoms. The molecule has 4 amide bonds. The summed E-state index contributed by atoms with van der Waals surface area (Å²) in [6.07, 6.45) is 5.80. The maximum atomic E-state index is 13.9. The third-order valence-electron chi connectivity index (χ3n) is 14.5. The van der Waals surface area contributed by atoms with E-state index in [4.69, 9.17) is 30.3 Å². The van der Waals surface area contributed by atoms with Gasteiger partial charge in [0.2, 0.25) is 11.8 Å². The number of likely N-dealkylation sites (tertiary alicyclic amines) is 2. The zero-order chi connectivity index (χ0) is 51.3. The van der Waals surface area contributed by atoms with Gasteiger partial charge in [0.1, 0.15) is 23.7 Å². The summed E-state index contributed by atoms with van der Waals surface area (Å²) >= 11 is 0. The molecule has 5 heterocycles. The van der Waals surface area contributed by atoms with Crippen molar-refractivity contribution in [3.8, 4) is 22.5 Å². The summed E-state index contributed by atoms with van der Waals surface area (Å²) in [4.78, 5) is 74.7. The van der Waals surface area contributed by atoms with Crippen LogP contribution in [0.25, 0.3) is 22.5 Å². The van der Waals surface area contributed by atoms with Crippen LogP contribution in [0.15, 0.2) is 85.2 Å². The highest BCUT2D eigenvalue weighted by atomic mass is 16.5. The van der Waals surface area contributed by atoms with Gasteiger partial charge in [-0.25, -0.2) is 19.6 Å². The van der Waals surface area contributed by atoms with E-state index in [0.29, 0.717) is 31.2 Å². The maximum Gasteiger partial charge on any atom is 0.407 e. The predicted octanol–water partition coefficient (Wildman–Crippen LogP) is 8.69. The van der Waals surface area contributed by atoms with Crippen molar-refractivity contribution in [3.63, 3.8) is 0 Å². The largest absolute Gasteiger partial charge is 0.453 e. The lowest BCUT2D eigenvalue weighted by Crippen LogP contribution is -2.54. The molecule has 0 spiro atoms. The van der Waals surface area contributed by atoms with Gasteiger partial charge in [-0.1, -0.05) is 81.4 Å². The van der Waals surface area contributed by atoms with Gasteiger partial charge in [-0.3, -0.25) is 9.59 Å². The Morgan fingerprint density at radius 1 is 0.634 bits per heavy atom. The van der Waals surface area contributed by atoms with Gasteiger partial charge in [0.05, 0.1) is 75.7 Å². The number of nitrogens with zero attached hydrogens (tertiary/aromatic N) is 5. The van der Waals surface area contributed by atoms with Crippen LogP contribution in [0.4, 0.5) is 15.3 Å². The number of alkyl carbamates (subject to hydrolysis) is 2. The van der Waals surface area contributed by atoms with Gasteiger partial charge < -0.3 is 54.2 Å². The fourth-order valence-electron chi connectivity index (χ4n) is 10.4. The summed E-state index contributed by atoms with van der Waals surface area (Å²) in [7, 11) is 3.66. The number of rotatable bonds is 15. The molecule has 0 radical (unpaired) electrons. The highest BCUT2D eigenvalue weighted by Gasteiger charge is 2.41. The second-order valence-corrected chi connectivity index (χ2v) is 19.8. The minimum absolute atomic E-state index is 0.0109. The van der Waals surface area contributed by atoms with Gasteiger partial charge in [0.15, 0.2) is 0 Å². The highest BCUT2D eigenvalue weighted by Crippen LogP contribution is 2.48. The standard InChI is InChI=1S/C54H69N9O8/c1-32(68-6)46(59-52(66)70-8)50(64)61-28-10-12-44(61)48-55-30-40(57-48)34-14-18-36(19-15-34)42-26-27-43(63(42)39-24-22-38(23-25-39)54(3,4)5)37-20-16-35(17-21-37)41-31-56-49(58-41)45-13-11-29-62(45)51(65)47(33(2)69-7)60-53(67)71-9/h14-25,30-33,42-47H,10-13,26-29H2,1-9H3,(H,55,57)(H,56,58)(H,59,66)(H,60,67)/t32-,33+,42-,43-,44+,45+,46+,47+/m1/s1/i6D. The minimum atomic E-state index is -1.02. The topological polar surface area (TPSA) is 196 Å². The number of anilines is 1. The molecule has 3 aliphatic rings. The van der Waals surface area contributed by atoms with E-state index in [1.165, 1.54) is 38.0 Å². The molecule has 5 aromatic rings. The number of aromatic amines is 2. The third-order valence-corrected chi connectivity index (χ3v) is 14.5. The second kappa shape index (κ2) is 21.7. The highest BCUT2D eigenvalue weighted by molar-refractivity contribution is 5.87. The molecule has 4 N–H and O–H groups in total. The number of hydrogen-bond donors (Lipinski definition) is 4. The monoisotopic (exact) mass is 973 g/mol. The average molecular weight is 973 g/mol. The van der Waals surface area contributed by atoms with Crippen molar-refractivity contribution in [1.29, 1.82) is 0 Å². The van der Waals surface area contributed by atoms with Crippen LogP contribution in [-0.4, -0.2) is 120 Å². The first-order valence-electron chi connectivity index (χ1n) is 25.3.